The van der Waals surface area contributed by atoms with Crippen molar-refractivity contribution in [3.63, 3.8) is 0 Å². The molecule has 0 radical (unpaired) electrons. The second-order valence-electron chi connectivity index (χ2n) is 8.31. The number of hydrogen-bond acceptors (Lipinski definition) is 4. The highest BCUT2D eigenvalue weighted by atomic mass is 19.1. The molecule has 0 aliphatic rings. The lowest BCUT2D eigenvalue weighted by molar-refractivity contribution is 0.0945. The summed E-state index contributed by atoms with van der Waals surface area (Å²) < 4.78 is 18.6. The topological polar surface area (TPSA) is 58.4 Å². The van der Waals surface area contributed by atoms with E-state index in [9.17, 15) is 9.18 Å². The Morgan fingerprint density at radius 2 is 1.68 bits per heavy atom. The van der Waals surface area contributed by atoms with Gasteiger partial charge in [0.2, 0.25) is 5.89 Å². The van der Waals surface area contributed by atoms with Crippen LogP contribution in [0.1, 0.15) is 53.8 Å². The highest BCUT2D eigenvalue weighted by molar-refractivity contribution is 5.91. The van der Waals surface area contributed by atoms with E-state index in [2.05, 4.69) is 67.2 Å². The van der Waals surface area contributed by atoms with Crippen LogP contribution in [0, 0.1) is 18.7 Å². The van der Waals surface area contributed by atoms with Crippen molar-refractivity contribution in [1.82, 2.24) is 15.2 Å². The average Bonchev–Trinajstić information content (AvgIpc) is 3.22. The van der Waals surface area contributed by atoms with Crippen molar-refractivity contribution in [2.75, 3.05) is 0 Å². The Hall–Kier alpha value is -2.99. The number of aryl methyl sites for hydroxylation is 1. The Bertz CT molecular complexity index is 981. The molecule has 0 unspecified atom stereocenters. The first-order chi connectivity index (χ1) is 14.8. The highest BCUT2D eigenvalue weighted by Gasteiger charge is 2.21. The molecule has 1 N–H and O–H groups in total. The lowest BCUT2D eigenvalue weighted by Gasteiger charge is -2.30. The molecule has 164 valence electrons. The van der Waals surface area contributed by atoms with Crippen molar-refractivity contribution in [1.29, 1.82) is 0 Å². The molecule has 3 aromatic rings. The van der Waals surface area contributed by atoms with Crippen LogP contribution in [-0.4, -0.2) is 21.8 Å². The van der Waals surface area contributed by atoms with Gasteiger partial charge in [0.15, 0.2) is 5.69 Å². The highest BCUT2D eigenvalue weighted by Crippen LogP contribution is 2.18. The van der Waals surface area contributed by atoms with Gasteiger partial charge < -0.3 is 9.73 Å². The Kier molecular flexibility index (Phi) is 7.58. The molecule has 2 aromatic carbocycles. The SMILES string of the molecule is Cc1ccc(CN(Cc2nc(C(=O)NCc3ccc(F)cc3)co2)[C@H](C)C(C)C)cc1. The van der Waals surface area contributed by atoms with Crippen LogP contribution in [-0.2, 0) is 19.6 Å². The van der Waals surface area contributed by atoms with Gasteiger partial charge in [0.05, 0.1) is 6.54 Å². The zero-order valence-electron chi connectivity index (χ0n) is 18.6. The molecule has 0 aliphatic carbocycles. The number of hydrogen-bond donors (Lipinski definition) is 1. The lowest BCUT2D eigenvalue weighted by Crippen LogP contribution is -2.36. The molecule has 0 fully saturated rings. The van der Waals surface area contributed by atoms with Gasteiger partial charge in [-0.3, -0.25) is 9.69 Å². The Morgan fingerprint density at radius 3 is 2.32 bits per heavy atom. The minimum atomic E-state index is -0.318. The van der Waals surface area contributed by atoms with Crippen LogP contribution >= 0.6 is 0 Å². The van der Waals surface area contributed by atoms with E-state index in [0.717, 1.165) is 12.1 Å². The van der Waals surface area contributed by atoms with Crippen LogP contribution in [0.25, 0.3) is 0 Å². The molecule has 1 amide bonds. The maximum Gasteiger partial charge on any atom is 0.273 e. The molecule has 1 atom stereocenters. The standard InChI is InChI=1S/C25H30FN3O2/c1-17(2)19(4)29(14-21-7-5-18(3)6-8-21)15-24-28-23(16-31-24)25(30)27-13-20-9-11-22(26)12-10-20/h5-12,16-17,19H,13-15H2,1-4H3,(H,27,30)/t19-/m1/s1. The fourth-order valence-electron chi connectivity index (χ4n) is 3.23. The van der Waals surface area contributed by atoms with Crippen molar-refractivity contribution >= 4 is 5.91 Å². The second-order valence-corrected chi connectivity index (χ2v) is 8.31. The molecule has 1 heterocycles. The number of halogens is 1. The predicted octanol–water partition coefficient (Wildman–Crippen LogP) is 5.10. The summed E-state index contributed by atoms with van der Waals surface area (Å²) in [6.45, 7) is 10.2. The maximum absolute atomic E-state index is 13.0. The molecule has 6 heteroatoms. The van der Waals surface area contributed by atoms with Gasteiger partial charge in [0.25, 0.3) is 5.91 Å². The number of carbonyl (C=O) groups is 1. The summed E-state index contributed by atoms with van der Waals surface area (Å²) in [5.74, 6) is 0.341. The van der Waals surface area contributed by atoms with Gasteiger partial charge in [-0.1, -0.05) is 55.8 Å². The Balaban J connectivity index is 1.64. The monoisotopic (exact) mass is 423 g/mol. The van der Waals surface area contributed by atoms with E-state index in [-0.39, 0.29) is 17.4 Å². The van der Waals surface area contributed by atoms with E-state index in [4.69, 9.17) is 4.42 Å². The van der Waals surface area contributed by atoms with Gasteiger partial charge in [0.1, 0.15) is 12.1 Å². The summed E-state index contributed by atoms with van der Waals surface area (Å²) in [5, 5.41) is 2.79. The third-order valence-corrected chi connectivity index (χ3v) is 5.54. The van der Waals surface area contributed by atoms with Gasteiger partial charge in [-0.05, 0) is 43.0 Å². The number of benzene rings is 2. The number of rotatable bonds is 9. The molecule has 0 saturated heterocycles. The van der Waals surface area contributed by atoms with E-state index >= 15 is 0 Å². The lowest BCUT2D eigenvalue weighted by atomic mass is 10.0. The van der Waals surface area contributed by atoms with E-state index in [1.165, 1.54) is 29.5 Å². The molecule has 0 saturated carbocycles. The van der Waals surface area contributed by atoms with Crippen LogP contribution in [0.2, 0.25) is 0 Å². The van der Waals surface area contributed by atoms with Gasteiger partial charge in [0, 0.05) is 19.1 Å². The number of nitrogens with zero attached hydrogens (tertiary/aromatic N) is 2. The van der Waals surface area contributed by atoms with Crippen molar-refractivity contribution in [2.45, 2.75) is 53.4 Å². The van der Waals surface area contributed by atoms with Crippen LogP contribution in [0.15, 0.2) is 59.2 Å². The summed E-state index contributed by atoms with van der Waals surface area (Å²) in [4.78, 5) is 19.1. The van der Waals surface area contributed by atoms with Crippen LogP contribution in [0.3, 0.4) is 0 Å². The summed E-state index contributed by atoms with van der Waals surface area (Å²) in [5.41, 5.74) is 3.51. The van der Waals surface area contributed by atoms with E-state index in [0.29, 0.717) is 30.9 Å². The Morgan fingerprint density at radius 1 is 1.03 bits per heavy atom. The zero-order valence-corrected chi connectivity index (χ0v) is 18.6. The number of carbonyl (C=O) groups excluding carboxylic acids is 1. The maximum atomic E-state index is 13.0. The van der Waals surface area contributed by atoms with E-state index < -0.39 is 0 Å². The summed E-state index contributed by atoms with van der Waals surface area (Å²) in [6, 6.07) is 14.8. The molecule has 31 heavy (non-hydrogen) atoms. The summed E-state index contributed by atoms with van der Waals surface area (Å²) >= 11 is 0. The van der Waals surface area contributed by atoms with Crippen molar-refractivity contribution < 1.29 is 13.6 Å². The number of nitrogens with one attached hydrogen (secondary N) is 1. The molecule has 0 aliphatic heterocycles. The minimum absolute atomic E-state index is 0.240. The summed E-state index contributed by atoms with van der Waals surface area (Å²) in [7, 11) is 0. The first kappa shape index (κ1) is 22.7. The summed E-state index contributed by atoms with van der Waals surface area (Å²) in [6.07, 6.45) is 1.39. The first-order valence-electron chi connectivity index (χ1n) is 10.6. The van der Waals surface area contributed by atoms with E-state index in [1.807, 2.05) is 0 Å². The van der Waals surface area contributed by atoms with E-state index in [1.54, 1.807) is 12.1 Å². The fourth-order valence-corrected chi connectivity index (χ4v) is 3.23. The smallest absolute Gasteiger partial charge is 0.273 e. The number of amides is 1. The molecule has 1 aromatic heterocycles. The molecular weight excluding hydrogens is 393 g/mol. The first-order valence-corrected chi connectivity index (χ1v) is 10.6. The fraction of sp³-hybridized carbons (Fsp3) is 0.360. The molecule has 5 nitrogen and oxygen atoms in total. The minimum Gasteiger partial charge on any atom is -0.447 e. The molecule has 0 spiro atoms. The van der Waals surface area contributed by atoms with Crippen LogP contribution < -0.4 is 5.32 Å². The third kappa shape index (κ3) is 6.49. The van der Waals surface area contributed by atoms with Crippen LogP contribution in [0.5, 0.6) is 0 Å². The largest absolute Gasteiger partial charge is 0.447 e. The number of aromatic nitrogens is 1. The van der Waals surface area contributed by atoms with Gasteiger partial charge in [-0.2, -0.15) is 0 Å². The molecule has 0 bridgehead atoms. The van der Waals surface area contributed by atoms with Gasteiger partial charge in [-0.25, -0.2) is 9.37 Å². The Labute approximate surface area is 183 Å². The van der Waals surface area contributed by atoms with Crippen molar-refractivity contribution in [3.8, 4) is 0 Å². The number of oxazole rings is 1. The second kappa shape index (κ2) is 10.4. The van der Waals surface area contributed by atoms with Crippen molar-refractivity contribution in [2.24, 2.45) is 5.92 Å². The zero-order chi connectivity index (χ0) is 22.4. The van der Waals surface area contributed by atoms with Gasteiger partial charge >= 0.3 is 0 Å². The van der Waals surface area contributed by atoms with Gasteiger partial charge in [-0.15, -0.1) is 0 Å². The third-order valence-electron chi connectivity index (χ3n) is 5.54. The van der Waals surface area contributed by atoms with Crippen molar-refractivity contribution in [3.05, 3.63) is 88.9 Å². The predicted molar refractivity (Wildman–Crippen MR) is 119 cm³/mol. The molecular formula is C25H30FN3O2. The van der Waals surface area contributed by atoms with Crippen LogP contribution in [0.4, 0.5) is 4.39 Å². The quantitative estimate of drug-likeness (QED) is 0.520. The molecule has 3 rings (SSSR count). The normalized spacial score (nSPS) is 12.4. The average molecular weight is 424 g/mol.